The second kappa shape index (κ2) is 24.3. The molecule has 58 heavy (non-hydrogen) atoms. The second-order valence-corrected chi connectivity index (χ2v) is 12.7. The molecule has 0 atom stereocenters. The standard InChI is InChI=1S/3C16H14O3.Bi/c3*17-15(10-11-16(18)19)14-8-6-13(7-9-14)12-4-2-1-3-5-12;/h3*1-9H,10-11H2,(H,18,19);/q;;;+3/p-3. The molecule has 9 nitrogen and oxygen atoms in total. The van der Waals surface area contributed by atoms with Crippen LogP contribution in [0.3, 0.4) is 0 Å². The van der Waals surface area contributed by atoms with Gasteiger partial charge in [-0.1, -0.05) is 164 Å². The minimum absolute atomic E-state index is 0. The van der Waals surface area contributed by atoms with Crippen LogP contribution in [-0.2, 0) is 14.4 Å². The molecule has 0 saturated heterocycles. The van der Waals surface area contributed by atoms with Crippen molar-refractivity contribution in [2.45, 2.75) is 38.5 Å². The number of hydrogen-bond donors (Lipinski definition) is 0. The predicted molar refractivity (Wildman–Crippen MR) is 217 cm³/mol. The molecule has 6 aromatic rings. The Morgan fingerprint density at radius 2 is 0.466 bits per heavy atom. The van der Waals surface area contributed by atoms with Gasteiger partial charge in [-0.25, -0.2) is 0 Å². The topological polar surface area (TPSA) is 172 Å². The van der Waals surface area contributed by atoms with Crippen molar-refractivity contribution in [2.24, 2.45) is 0 Å². The van der Waals surface area contributed by atoms with E-state index in [0.29, 0.717) is 16.7 Å². The number of hydrogen-bond acceptors (Lipinski definition) is 9. The average molecular weight is 969 g/mol. The summed E-state index contributed by atoms with van der Waals surface area (Å²) < 4.78 is 0. The summed E-state index contributed by atoms with van der Waals surface area (Å²) in [7, 11) is 0. The van der Waals surface area contributed by atoms with Crippen molar-refractivity contribution in [3.63, 3.8) is 0 Å². The maximum absolute atomic E-state index is 11.7. The minimum Gasteiger partial charge on any atom is -0.550 e. The number of rotatable bonds is 15. The zero-order chi connectivity index (χ0) is 41.0. The monoisotopic (exact) mass is 968 g/mol. The van der Waals surface area contributed by atoms with Crippen LogP contribution in [-0.4, -0.2) is 61.5 Å². The van der Waals surface area contributed by atoms with E-state index in [2.05, 4.69) is 0 Å². The first kappa shape index (κ1) is 46.0. The SMILES string of the molecule is O=C([O-])CCC(=O)c1ccc(-c2ccccc2)cc1.O=C([O-])CCC(=O)c1ccc(-c2ccccc2)cc1.O=C([O-])CCC(=O)c1ccc(-c2ccccc2)cc1.[Bi+3]. The number of Topliss-reactive ketones (excluding diaryl/α,β-unsaturated/α-hetero) is 3. The van der Waals surface area contributed by atoms with Gasteiger partial charge in [-0.2, -0.15) is 0 Å². The van der Waals surface area contributed by atoms with Crippen LogP contribution in [0.5, 0.6) is 0 Å². The van der Waals surface area contributed by atoms with Gasteiger partial charge >= 0.3 is 26.2 Å². The van der Waals surface area contributed by atoms with Gasteiger partial charge in [-0.05, 0) is 52.6 Å². The third-order valence-corrected chi connectivity index (χ3v) is 8.61. The summed E-state index contributed by atoms with van der Waals surface area (Å²) in [5.41, 5.74) is 7.90. The molecule has 0 fully saturated rings. The molecule has 0 unspecified atom stereocenters. The number of aliphatic carboxylic acids is 3. The Kier molecular flexibility index (Phi) is 19.3. The molecule has 0 spiro atoms. The number of carbonyl (C=O) groups excluding carboxylic acids is 6. The van der Waals surface area contributed by atoms with Gasteiger partial charge in [-0.3, -0.25) is 14.4 Å². The Morgan fingerprint density at radius 3 is 0.655 bits per heavy atom. The van der Waals surface area contributed by atoms with Gasteiger partial charge in [0.05, 0.1) is 0 Å². The zero-order valence-corrected chi connectivity index (χ0v) is 34.9. The largest absolute Gasteiger partial charge is 3.00 e. The molecular formula is C48H39BiO9. The van der Waals surface area contributed by atoms with Crippen molar-refractivity contribution in [3.05, 3.63) is 180 Å². The van der Waals surface area contributed by atoms with Crippen molar-refractivity contribution in [1.82, 2.24) is 0 Å². The van der Waals surface area contributed by atoms with E-state index >= 15 is 0 Å². The molecule has 0 heterocycles. The van der Waals surface area contributed by atoms with E-state index in [9.17, 15) is 44.1 Å². The van der Waals surface area contributed by atoms with E-state index in [1.54, 1.807) is 36.4 Å². The molecule has 0 aliphatic heterocycles. The van der Waals surface area contributed by atoms with Crippen molar-refractivity contribution < 1.29 is 44.1 Å². The molecule has 6 rings (SSSR count). The summed E-state index contributed by atoms with van der Waals surface area (Å²) in [4.78, 5) is 66.1. The number of carboxylic acid groups (broad SMARTS) is 3. The Labute approximate surface area is 356 Å². The van der Waals surface area contributed by atoms with Gasteiger partial charge in [0.25, 0.3) is 0 Å². The first-order valence-electron chi connectivity index (χ1n) is 18.2. The Bertz CT molecular complexity index is 1980. The van der Waals surface area contributed by atoms with Crippen LogP contribution in [0.25, 0.3) is 33.4 Å². The van der Waals surface area contributed by atoms with E-state index in [-0.39, 0.29) is 82.1 Å². The third kappa shape index (κ3) is 15.6. The molecule has 0 aliphatic rings. The van der Waals surface area contributed by atoms with Gasteiger partial charge in [0.2, 0.25) is 0 Å². The van der Waals surface area contributed by atoms with Crippen LogP contribution < -0.4 is 15.3 Å². The van der Waals surface area contributed by atoms with E-state index in [0.717, 1.165) is 33.4 Å². The molecule has 0 N–H and O–H groups in total. The number of benzene rings is 6. The van der Waals surface area contributed by atoms with Gasteiger partial charge < -0.3 is 29.7 Å². The summed E-state index contributed by atoms with van der Waals surface area (Å²) >= 11 is 0. The fraction of sp³-hybridized carbons (Fsp3) is 0.125. The molecular weight excluding hydrogens is 929 g/mol. The van der Waals surface area contributed by atoms with Gasteiger partial charge in [0.1, 0.15) is 0 Å². The maximum Gasteiger partial charge on any atom is 3.00 e. The van der Waals surface area contributed by atoms with Crippen LogP contribution in [0.2, 0.25) is 0 Å². The molecule has 10 heteroatoms. The molecule has 0 saturated carbocycles. The zero-order valence-electron chi connectivity index (χ0n) is 31.5. The van der Waals surface area contributed by atoms with Crippen LogP contribution in [0.15, 0.2) is 164 Å². The van der Waals surface area contributed by atoms with Crippen LogP contribution in [0.4, 0.5) is 0 Å². The van der Waals surface area contributed by atoms with E-state index in [1.807, 2.05) is 127 Å². The smallest absolute Gasteiger partial charge is 0.550 e. The summed E-state index contributed by atoms with van der Waals surface area (Å²) in [5, 5.41) is 30.9. The third-order valence-electron chi connectivity index (χ3n) is 8.61. The fourth-order valence-electron chi connectivity index (χ4n) is 5.52. The van der Waals surface area contributed by atoms with E-state index in [1.165, 1.54) is 0 Å². The quantitative estimate of drug-likeness (QED) is 0.0909. The molecule has 0 bridgehead atoms. The molecule has 0 amide bonds. The second-order valence-electron chi connectivity index (χ2n) is 12.7. The molecule has 0 aromatic heterocycles. The van der Waals surface area contributed by atoms with Crippen LogP contribution in [0.1, 0.15) is 69.6 Å². The first-order chi connectivity index (χ1) is 27.5. The van der Waals surface area contributed by atoms with E-state index < -0.39 is 17.9 Å². The normalized spacial score (nSPS) is 9.93. The Morgan fingerprint density at radius 1 is 0.276 bits per heavy atom. The molecule has 0 aliphatic carbocycles. The summed E-state index contributed by atoms with van der Waals surface area (Å²) in [6, 6.07) is 51.0. The number of carboxylic acids is 3. The molecule has 290 valence electrons. The van der Waals surface area contributed by atoms with Crippen molar-refractivity contribution in [1.29, 1.82) is 0 Å². The molecule has 6 aromatic carbocycles. The van der Waals surface area contributed by atoms with Gasteiger partial charge in [-0.15, -0.1) is 0 Å². The van der Waals surface area contributed by atoms with Gasteiger partial charge in [0.15, 0.2) is 17.3 Å². The maximum atomic E-state index is 11.7. The summed E-state index contributed by atoms with van der Waals surface area (Å²) in [6.07, 6.45) is -0.773. The first-order valence-corrected chi connectivity index (χ1v) is 18.2. The van der Waals surface area contributed by atoms with Crippen molar-refractivity contribution in [2.75, 3.05) is 0 Å². The van der Waals surface area contributed by atoms with Gasteiger partial charge in [0, 0.05) is 53.9 Å². The number of carbonyl (C=O) groups is 6. The van der Waals surface area contributed by atoms with Crippen molar-refractivity contribution in [3.8, 4) is 33.4 Å². The van der Waals surface area contributed by atoms with Crippen LogP contribution in [0, 0.1) is 0 Å². The molecule has 2 radical (unpaired) electrons. The minimum atomic E-state index is -1.20. The fourth-order valence-corrected chi connectivity index (χ4v) is 5.52. The number of ketones is 3. The summed E-state index contributed by atoms with van der Waals surface area (Å²) in [6.45, 7) is 0. The van der Waals surface area contributed by atoms with Crippen molar-refractivity contribution >= 4 is 61.5 Å². The Balaban J connectivity index is 0.000000231. The van der Waals surface area contributed by atoms with E-state index in [4.69, 9.17) is 0 Å². The Hall–Kier alpha value is -6.38. The predicted octanol–water partition coefficient (Wildman–Crippen LogP) is 5.82. The average Bonchev–Trinajstić information content (AvgIpc) is 3.25. The van der Waals surface area contributed by atoms with Crippen LogP contribution >= 0.6 is 0 Å². The summed E-state index contributed by atoms with van der Waals surface area (Å²) in [5.74, 6) is -4.13.